The van der Waals surface area contributed by atoms with Gasteiger partial charge >= 0.3 is 6.09 Å². The highest BCUT2D eigenvalue weighted by atomic mass is 16.5. The van der Waals surface area contributed by atoms with E-state index in [1.165, 1.54) is 6.26 Å². The number of furan rings is 1. The van der Waals surface area contributed by atoms with Gasteiger partial charge in [0.05, 0.1) is 12.9 Å². The lowest BCUT2D eigenvalue weighted by atomic mass is 10.2. The first-order valence-corrected chi connectivity index (χ1v) is 8.29. The number of piperazine rings is 1. The molecule has 7 heteroatoms. The second-order valence-electron chi connectivity index (χ2n) is 5.65. The molecule has 1 fully saturated rings. The summed E-state index contributed by atoms with van der Waals surface area (Å²) in [5.74, 6) is 0.307. The number of benzene rings is 1. The topological polar surface area (TPSA) is 75.0 Å². The van der Waals surface area contributed by atoms with Crippen molar-refractivity contribution in [2.24, 2.45) is 0 Å². The molecule has 0 aliphatic carbocycles. The monoisotopic (exact) mass is 343 g/mol. The lowest BCUT2D eigenvalue weighted by Gasteiger charge is -2.35. The summed E-state index contributed by atoms with van der Waals surface area (Å²) in [5.41, 5.74) is 1.74. The van der Waals surface area contributed by atoms with Crippen LogP contribution in [0.5, 0.6) is 0 Å². The van der Waals surface area contributed by atoms with E-state index in [9.17, 15) is 9.59 Å². The predicted molar refractivity (Wildman–Crippen MR) is 93.9 cm³/mol. The first-order chi connectivity index (χ1) is 12.2. The molecule has 0 bridgehead atoms. The van der Waals surface area contributed by atoms with Gasteiger partial charge in [-0.05, 0) is 43.3 Å². The Kier molecular flexibility index (Phi) is 5.23. The Labute approximate surface area is 146 Å². The van der Waals surface area contributed by atoms with Gasteiger partial charge in [-0.3, -0.25) is 10.1 Å². The van der Waals surface area contributed by atoms with Crippen molar-refractivity contribution in [3.05, 3.63) is 48.4 Å². The van der Waals surface area contributed by atoms with Crippen LogP contribution in [0.2, 0.25) is 0 Å². The van der Waals surface area contributed by atoms with Crippen molar-refractivity contribution in [1.82, 2.24) is 4.90 Å². The van der Waals surface area contributed by atoms with Crippen LogP contribution in [0.1, 0.15) is 17.5 Å². The highest BCUT2D eigenvalue weighted by Crippen LogP contribution is 2.20. The van der Waals surface area contributed by atoms with Crippen LogP contribution >= 0.6 is 0 Å². The van der Waals surface area contributed by atoms with Crippen LogP contribution in [-0.4, -0.2) is 49.7 Å². The molecule has 0 radical (unpaired) electrons. The maximum atomic E-state index is 12.3. The van der Waals surface area contributed by atoms with Gasteiger partial charge in [0.15, 0.2) is 5.76 Å². The predicted octanol–water partition coefficient (Wildman–Crippen LogP) is 2.81. The molecule has 0 atom stereocenters. The molecule has 1 N–H and O–H groups in total. The molecule has 2 aromatic rings. The second-order valence-corrected chi connectivity index (χ2v) is 5.65. The summed E-state index contributed by atoms with van der Waals surface area (Å²) in [7, 11) is 0. The Balaban J connectivity index is 1.54. The fourth-order valence-electron chi connectivity index (χ4n) is 2.76. The number of ether oxygens (including phenoxy) is 1. The number of nitrogens with one attached hydrogen (secondary N) is 1. The number of carbonyl (C=O) groups is 2. The first kappa shape index (κ1) is 16.9. The first-order valence-electron chi connectivity index (χ1n) is 8.29. The molecular formula is C18H21N3O4. The molecule has 1 aromatic carbocycles. The van der Waals surface area contributed by atoms with Gasteiger partial charge in [0.1, 0.15) is 0 Å². The number of rotatable bonds is 4. The van der Waals surface area contributed by atoms with Crippen molar-refractivity contribution < 1.29 is 18.7 Å². The molecule has 0 unspecified atom stereocenters. The highest BCUT2D eigenvalue weighted by molar-refractivity contribution is 5.91. The smallest absolute Gasteiger partial charge is 0.411 e. The number of hydrogen-bond acceptors (Lipinski definition) is 5. The van der Waals surface area contributed by atoms with Gasteiger partial charge in [0.2, 0.25) is 0 Å². The van der Waals surface area contributed by atoms with E-state index in [4.69, 9.17) is 9.15 Å². The van der Waals surface area contributed by atoms with Crippen molar-refractivity contribution >= 4 is 23.4 Å². The van der Waals surface area contributed by atoms with Crippen LogP contribution in [0.4, 0.5) is 16.2 Å². The van der Waals surface area contributed by atoms with E-state index >= 15 is 0 Å². The number of amides is 2. The Morgan fingerprint density at radius 1 is 1.12 bits per heavy atom. The minimum absolute atomic E-state index is 0.0707. The van der Waals surface area contributed by atoms with Crippen molar-refractivity contribution in [3.63, 3.8) is 0 Å². The van der Waals surface area contributed by atoms with Crippen LogP contribution in [0.15, 0.2) is 47.1 Å². The fraction of sp³-hybridized carbons (Fsp3) is 0.333. The SMILES string of the molecule is CCOC(=O)Nc1ccc(N2CCN(C(=O)c3ccco3)CC2)cc1. The molecular weight excluding hydrogens is 322 g/mol. The normalized spacial score (nSPS) is 14.3. The second kappa shape index (κ2) is 7.74. The molecule has 1 aromatic heterocycles. The van der Waals surface area contributed by atoms with E-state index in [1.54, 1.807) is 24.0 Å². The standard InChI is InChI=1S/C18H21N3O4/c1-2-24-18(23)19-14-5-7-15(8-6-14)20-9-11-21(12-10-20)17(22)16-4-3-13-25-16/h3-8,13H,2,9-12H2,1H3,(H,19,23). The van der Waals surface area contributed by atoms with Crippen LogP contribution in [0, 0.1) is 0 Å². The Morgan fingerprint density at radius 2 is 1.84 bits per heavy atom. The highest BCUT2D eigenvalue weighted by Gasteiger charge is 2.23. The lowest BCUT2D eigenvalue weighted by Crippen LogP contribution is -2.48. The van der Waals surface area contributed by atoms with Gasteiger partial charge in [-0.15, -0.1) is 0 Å². The number of nitrogens with zero attached hydrogens (tertiary/aromatic N) is 2. The van der Waals surface area contributed by atoms with Gasteiger partial charge in [-0.1, -0.05) is 0 Å². The summed E-state index contributed by atoms with van der Waals surface area (Å²) in [4.78, 5) is 27.7. The van der Waals surface area contributed by atoms with Crippen LogP contribution < -0.4 is 10.2 Å². The van der Waals surface area contributed by atoms with Crippen molar-refractivity contribution in [3.8, 4) is 0 Å². The molecule has 25 heavy (non-hydrogen) atoms. The third kappa shape index (κ3) is 4.12. The molecule has 1 aliphatic heterocycles. The van der Waals surface area contributed by atoms with Gasteiger partial charge < -0.3 is 19.0 Å². The van der Waals surface area contributed by atoms with Crippen LogP contribution in [0.25, 0.3) is 0 Å². The molecule has 1 aliphatic rings. The average molecular weight is 343 g/mol. The zero-order valence-corrected chi connectivity index (χ0v) is 14.1. The van der Waals surface area contributed by atoms with Crippen molar-refractivity contribution in [2.75, 3.05) is 43.0 Å². The van der Waals surface area contributed by atoms with Crippen molar-refractivity contribution in [2.45, 2.75) is 6.92 Å². The third-order valence-electron chi connectivity index (χ3n) is 4.05. The summed E-state index contributed by atoms with van der Waals surface area (Å²) in [5, 5.41) is 2.67. The van der Waals surface area contributed by atoms with Crippen LogP contribution in [0.3, 0.4) is 0 Å². The molecule has 2 amide bonds. The van der Waals surface area contributed by atoms with Gasteiger partial charge in [-0.2, -0.15) is 0 Å². The van der Waals surface area contributed by atoms with E-state index in [1.807, 2.05) is 24.3 Å². The number of carbonyl (C=O) groups excluding carboxylic acids is 2. The maximum Gasteiger partial charge on any atom is 0.411 e. The van der Waals surface area contributed by atoms with E-state index in [0.717, 1.165) is 18.8 Å². The summed E-state index contributed by atoms with van der Waals surface area (Å²) in [6, 6.07) is 11.0. The molecule has 1 saturated heterocycles. The summed E-state index contributed by atoms with van der Waals surface area (Å²) in [6.45, 7) is 4.88. The maximum absolute atomic E-state index is 12.3. The third-order valence-corrected chi connectivity index (χ3v) is 4.05. The fourth-order valence-corrected chi connectivity index (χ4v) is 2.76. The van der Waals surface area contributed by atoms with Gasteiger partial charge in [0, 0.05) is 37.6 Å². The van der Waals surface area contributed by atoms with E-state index in [2.05, 4.69) is 10.2 Å². The largest absolute Gasteiger partial charge is 0.459 e. The molecule has 3 rings (SSSR count). The van der Waals surface area contributed by atoms with Gasteiger partial charge in [0.25, 0.3) is 5.91 Å². The van der Waals surface area contributed by atoms with Crippen molar-refractivity contribution in [1.29, 1.82) is 0 Å². The molecule has 7 nitrogen and oxygen atoms in total. The van der Waals surface area contributed by atoms with Gasteiger partial charge in [-0.25, -0.2) is 4.79 Å². The Morgan fingerprint density at radius 3 is 2.44 bits per heavy atom. The van der Waals surface area contributed by atoms with E-state index < -0.39 is 6.09 Å². The lowest BCUT2D eigenvalue weighted by molar-refractivity contribution is 0.0714. The minimum Gasteiger partial charge on any atom is -0.459 e. The van der Waals surface area contributed by atoms with E-state index in [0.29, 0.717) is 31.1 Å². The molecule has 0 saturated carbocycles. The summed E-state index contributed by atoms with van der Waals surface area (Å²) < 4.78 is 10.0. The van der Waals surface area contributed by atoms with Crippen LogP contribution in [-0.2, 0) is 4.74 Å². The number of anilines is 2. The Hall–Kier alpha value is -2.96. The minimum atomic E-state index is -0.458. The average Bonchev–Trinajstić information content (AvgIpc) is 3.17. The summed E-state index contributed by atoms with van der Waals surface area (Å²) in [6.07, 6.45) is 1.05. The Bertz CT molecular complexity index is 704. The zero-order valence-electron chi connectivity index (χ0n) is 14.1. The van der Waals surface area contributed by atoms with E-state index in [-0.39, 0.29) is 5.91 Å². The zero-order chi connectivity index (χ0) is 17.6. The molecule has 0 spiro atoms. The molecule has 2 heterocycles. The molecule has 132 valence electrons. The summed E-state index contributed by atoms with van der Waals surface area (Å²) >= 11 is 0. The quantitative estimate of drug-likeness (QED) is 0.924. The number of hydrogen-bond donors (Lipinski definition) is 1.